The average Bonchev–Trinajstić information content (AvgIpc) is 3.23. The Balaban J connectivity index is 1.50. The molecule has 0 atom stereocenters. The fourth-order valence-electron chi connectivity index (χ4n) is 3.43. The predicted molar refractivity (Wildman–Crippen MR) is 124 cm³/mol. The van der Waals surface area contributed by atoms with E-state index >= 15 is 0 Å². The first-order valence-corrected chi connectivity index (χ1v) is 11.5. The van der Waals surface area contributed by atoms with Crippen LogP contribution in [0.3, 0.4) is 0 Å². The number of hydrogen-bond donors (Lipinski definition) is 1. The summed E-state index contributed by atoms with van der Waals surface area (Å²) in [6.45, 7) is 7.15. The molecule has 2 aromatic carbocycles. The lowest BCUT2D eigenvalue weighted by Gasteiger charge is -2.27. The molecule has 1 saturated heterocycles. The Morgan fingerprint density at radius 2 is 1.87 bits per heavy atom. The minimum Gasteiger partial charge on any atom is -0.378 e. The number of aromatic nitrogens is 3. The van der Waals surface area contributed by atoms with E-state index in [9.17, 15) is 4.79 Å². The van der Waals surface area contributed by atoms with E-state index in [4.69, 9.17) is 4.74 Å². The number of anilines is 2. The molecule has 162 valence electrons. The number of morpholine rings is 1. The minimum absolute atomic E-state index is 0.0681. The maximum absolute atomic E-state index is 12.6. The molecule has 0 spiro atoms. The molecule has 7 nitrogen and oxygen atoms in total. The molecule has 3 aromatic rings. The van der Waals surface area contributed by atoms with E-state index < -0.39 is 0 Å². The first-order chi connectivity index (χ1) is 15.1. The van der Waals surface area contributed by atoms with Crippen molar-refractivity contribution in [2.24, 2.45) is 0 Å². The zero-order valence-corrected chi connectivity index (χ0v) is 18.6. The minimum atomic E-state index is -0.0681. The van der Waals surface area contributed by atoms with Crippen molar-refractivity contribution in [3.05, 3.63) is 60.2 Å². The molecule has 31 heavy (non-hydrogen) atoms. The van der Waals surface area contributed by atoms with Gasteiger partial charge in [-0.25, -0.2) is 0 Å². The number of hydrogen-bond acceptors (Lipinski definition) is 6. The summed E-state index contributed by atoms with van der Waals surface area (Å²) in [7, 11) is 0. The molecule has 8 heteroatoms. The molecule has 1 aliphatic rings. The van der Waals surface area contributed by atoms with Crippen molar-refractivity contribution in [2.75, 3.05) is 42.3 Å². The molecule has 2 heterocycles. The summed E-state index contributed by atoms with van der Waals surface area (Å²) in [5.41, 5.74) is 2.99. The van der Waals surface area contributed by atoms with Gasteiger partial charge in [0.2, 0.25) is 11.9 Å². The van der Waals surface area contributed by atoms with Crippen molar-refractivity contribution in [2.45, 2.75) is 24.9 Å². The van der Waals surface area contributed by atoms with Crippen LogP contribution in [0.4, 0.5) is 11.6 Å². The van der Waals surface area contributed by atoms with Crippen LogP contribution < -0.4 is 10.2 Å². The van der Waals surface area contributed by atoms with Crippen molar-refractivity contribution < 1.29 is 9.53 Å². The number of carbonyl (C=O) groups is 1. The van der Waals surface area contributed by atoms with Gasteiger partial charge in [0.1, 0.15) is 0 Å². The number of benzene rings is 2. The van der Waals surface area contributed by atoms with Crippen LogP contribution >= 0.6 is 11.8 Å². The second-order valence-corrected chi connectivity index (χ2v) is 8.61. The Morgan fingerprint density at radius 3 is 2.61 bits per heavy atom. The van der Waals surface area contributed by atoms with Crippen LogP contribution in [0.25, 0.3) is 5.69 Å². The van der Waals surface area contributed by atoms with E-state index in [1.54, 1.807) is 0 Å². The molecule has 1 N–H and O–H groups in total. The number of rotatable bonds is 7. The number of para-hydroxylation sites is 1. The van der Waals surface area contributed by atoms with Gasteiger partial charge in [-0.2, -0.15) is 0 Å². The fraction of sp³-hybridized carbons (Fsp3) is 0.348. The van der Waals surface area contributed by atoms with Crippen LogP contribution in [0.1, 0.15) is 25.3 Å². The molecule has 1 amide bonds. The second kappa shape index (κ2) is 9.98. The molecule has 1 fully saturated rings. The molecule has 0 radical (unpaired) electrons. The molecule has 0 unspecified atom stereocenters. The molecule has 0 aliphatic carbocycles. The summed E-state index contributed by atoms with van der Waals surface area (Å²) in [5.74, 6) is 1.37. The highest BCUT2D eigenvalue weighted by Crippen LogP contribution is 2.27. The summed E-state index contributed by atoms with van der Waals surface area (Å²) in [6, 6.07) is 18.0. The van der Waals surface area contributed by atoms with Crippen molar-refractivity contribution in [1.29, 1.82) is 0 Å². The number of carbonyl (C=O) groups excluding carboxylic acids is 1. The Kier molecular flexibility index (Phi) is 6.89. The number of thioether (sulfide) groups is 1. The van der Waals surface area contributed by atoms with E-state index in [1.165, 1.54) is 17.3 Å². The van der Waals surface area contributed by atoms with E-state index in [1.807, 2.05) is 53.1 Å². The topological polar surface area (TPSA) is 72.3 Å². The van der Waals surface area contributed by atoms with Crippen LogP contribution in [-0.2, 0) is 9.53 Å². The van der Waals surface area contributed by atoms with Crippen molar-refractivity contribution in [3.63, 3.8) is 0 Å². The van der Waals surface area contributed by atoms with Crippen LogP contribution in [0, 0.1) is 0 Å². The molecule has 1 aliphatic heterocycles. The van der Waals surface area contributed by atoms with Crippen LogP contribution in [0.15, 0.2) is 59.8 Å². The SMILES string of the molecule is CC(C)c1cccc(NC(=O)CSc2nnc(N3CCOCC3)n2-c2ccccc2)c1. The van der Waals surface area contributed by atoms with Crippen LogP contribution in [0.2, 0.25) is 0 Å². The van der Waals surface area contributed by atoms with E-state index in [2.05, 4.69) is 40.3 Å². The van der Waals surface area contributed by atoms with Gasteiger partial charge >= 0.3 is 0 Å². The predicted octanol–water partition coefficient (Wildman–Crippen LogP) is 3.96. The number of nitrogens with zero attached hydrogens (tertiary/aromatic N) is 4. The largest absolute Gasteiger partial charge is 0.378 e. The van der Waals surface area contributed by atoms with Gasteiger partial charge in [-0.15, -0.1) is 10.2 Å². The Hall–Kier alpha value is -2.84. The highest BCUT2D eigenvalue weighted by Gasteiger charge is 2.22. The zero-order valence-electron chi connectivity index (χ0n) is 17.8. The van der Waals surface area contributed by atoms with Crippen molar-refractivity contribution in [1.82, 2.24) is 14.8 Å². The first-order valence-electron chi connectivity index (χ1n) is 10.5. The maximum Gasteiger partial charge on any atom is 0.234 e. The van der Waals surface area contributed by atoms with Crippen LogP contribution in [0.5, 0.6) is 0 Å². The number of amides is 1. The third kappa shape index (κ3) is 5.26. The smallest absolute Gasteiger partial charge is 0.234 e. The van der Waals surface area contributed by atoms with Crippen LogP contribution in [-0.4, -0.2) is 52.7 Å². The third-order valence-electron chi connectivity index (χ3n) is 5.09. The molecule has 1 aromatic heterocycles. The van der Waals surface area contributed by atoms with E-state index in [0.717, 1.165) is 30.4 Å². The lowest BCUT2D eigenvalue weighted by Crippen LogP contribution is -2.37. The Morgan fingerprint density at radius 1 is 1.10 bits per heavy atom. The average molecular weight is 438 g/mol. The van der Waals surface area contributed by atoms with Gasteiger partial charge in [-0.1, -0.05) is 55.9 Å². The highest BCUT2D eigenvalue weighted by atomic mass is 32.2. The van der Waals surface area contributed by atoms with Gasteiger partial charge in [0, 0.05) is 18.8 Å². The molecule has 0 bridgehead atoms. The van der Waals surface area contributed by atoms with E-state index in [-0.39, 0.29) is 11.7 Å². The third-order valence-corrected chi connectivity index (χ3v) is 6.02. The summed E-state index contributed by atoms with van der Waals surface area (Å²) >= 11 is 1.38. The van der Waals surface area contributed by atoms with Gasteiger partial charge in [0.25, 0.3) is 0 Å². The maximum atomic E-state index is 12.6. The summed E-state index contributed by atoms with van der Waals surface area (Å²) in [4.78, 5) is 14.8. The molecular weight excluding hydrogens is 410 g/mol. The van der Waals surface area contributed by atoms with Gasteiger partial charge in [0.05, 0.1) is 24.7 Å². The lowest BCUT2D eigenvalue weighted by molar-refractivity contribution is -0.113. The fourth-order valence-corrected chi connectivity index (χ4v) is 4.18. The summed E-state index contributed by atoms with van der Waals surface area (Å²) in [6.07, 6.45) is 0. The van der Waals surface area contributed by atoms with Gasteiger partial charge in [0.15, 0.2) is 5.16 Å². The molecular formula is C23H27N5O2S. The normalized spacial score (nSPS) is 14.1. The van der Waals surface area contributed by atoms with Gasteiger partial charge in [-0.05, 0) is 35.7 Å². The van der Waals surface area contributed by atoms with Crippen molar-refractivity contribution in [3.8, 4) is 5.69 Å². The standard InChI is InChI=1S/C23H27N5O2S/c1-17(2)18-7-6-8-19(15-18)24-21(29)16-31-23-26-25-22(27-11-13-30-14-12-27)28(23)20-9-4-3-5-10-20/h3-10,15,17H,11-14,16H2,1-2H3,(H,24,29). The molecule has 0 saturated carbocycles. The Labute approximate surface area is 186 Å². The van der Waals surface area contributed by atoms with Gasteiger partial charge in [-0.3, -0.25) is 9.36 Å². The quantitative estimate of drug-likeness (QED) is 0.564. The number of ether oxygens (including phenoxy) is 1. The summed E-state index contributed by atoms with van der Waals surface area (Å²) < 4.78 is 7.49. The van der Waals surface area contributed by atoms with Crippen molar-refractivity contribution >= 4 is 29.3 Å². The summed E-state index contributed by atoms with van der Waals surface area (Å²) in [5, 5.41) is 12.5. The zero-order chi connectivity index (χ0) is 21.6. The van der Waals surface area contributed by atoms with Gasteiger partial charge < -0.3 is 15.0 Å². The Bertz CT molecular complexity index is 1020. The van der Waals surface area contributed by atoms with E-state index in [0.29, 0.717) is 24.3 Å². The monoisotopic (exact) mass is 437 g/mol. The molecule has 4 rings (SSSR count). The first kappa shape index (κ1) is 21.4. The number of nitrogens with one attached hydrogen (secondary N) is 1. The second-order valence-electron chi connectivity index (χ2n) is 7.67. The highest BCUT2D eigenvalue weighted by molar-refractivity contribution is 7.99. The lowest BCUT2D eigenvalue weighted by atomic mass is 10.0.